The molecule has 0 spiro atoms. The summed E-state index contributed by atoms with van der Waals surface area (Å²) in [6.07, 6.45) is -2.58. The van der Waals surface area contributed by atoms with E-state index >= 15 is 0 Å². The lowest BCUT2D eigenvalue weighted by Crippen LogP contribution is -2.45. The molecule has 0 radical (unpaired) electrons. The van der Waals surface area contributed by atoms with Crippen molar-refractivity contribution in [3.05, 3.63) is 93.6 Å². The summed E-state index contributed by atoms with van der Waals surface area (Å²) in [7, 11) is -4.27. The molecule has 4 N–H and O–H groups in total. The summed E-state index contributed by atoms with van der Waals surface area (Å²) in [5.74, 6) is -0.502. The number of carbonyl (C=O) groups excluding carboxylic acids is 1. The van der Waals surface area contributed by atoms with Crippen LogP contribution in [0, 0.1) is 4.77 Å². The number of aliphatic hydroxyl groups is 2. The van der Waals surface area contributed by atoms with Crippen LogP contribution in [0.5, 0.6) is 5.75 Å². The Morgan fingerprint density at radius 1 is 1.20 bits per heavy atom. The number of nitrogens with one attached hydrogen (secondary N) is 2. The van der Waals surface area contributed by atoms with Gasteiger partial charge in [0.2, 0.25) is 0 Å². The van der Waals surface area contributed by atoms with Crippen molar-refractivity contribution in [1.82, 2.24) is 14.6 Å². The average Bonchev–Trinajstić information content (AvgIpc) is 3.15. The Labute approximate surface area is 235 Å². The van der Waals surface area contributed by atoms with E-state index in [2.05, 4.69) is 10.1 Å². The number of benzene rings is 2. The van der Waals surface area contributed by atoms with Crippen molar-refractivity contribution in [3.8, 4) is 5.75 Å². The van der Waals surface area contributed by atoms with Crippen molar-refractivity contribution in [1.29, 1.82) is 0 Å². The van der Waals surface area contributed by atoms with Gasteiger partial charge in [-0.25, -0.2) is 4.57 Å². The molecule has 6 atom stereocenters. The molecule has 4 rings (SSSR count). The number of hydrogen-bond acceptors (Lipinski definition) is 10. The number of para-hydroxylation sites is 1. The fraction of sp³-hybridized carbons (Fsp3) is 0.346. The number of ether oxygens (including phenoxy) is 2. The lowest BCUT2D eigenvalue weighted by Gasteiger charge is -2.28. The van der Waals surface area contributed by atoms with Gasteiger partial charge in [0.25, 0.3) is 5.56 Å². The number of carbonyl (C=O) groups is 1. The predicted octanol–water partition coefficient (Wildman–Crippen LogP) is 2.84. The van der Waals surface area contributed by atoms with Crippen molar-refractivity contribution in [2.45, 2.75) is 50.5 Å². The molecule has 0 bridgehead atoms. The van der Waals surface area contributed by atoms with Gasteiger partial charge in [-0.05, 0) is 43.8 Å². The molecule has 1 aromatic heterocycles. The average molecular weight is 592 g/mol. The van der Waals surface area contributed by atoms with Gasteiger partial charge < -0.3 is 24.2 Å². The Balaban J connectivity index is 1.48. The van der Waals surface area contributed by atoms with Crippen molar-refractivity contribution in [2.24, 2.45) is 0 Å². The van der Waals surface area contributed by atoms with Gasteiger partial charge >= 0.3 is 13.7 Å². The van der Waals surface area contributed by atoms with Crippen LogP contribution in [0.2, 0.25) is 0 Å². The molecule has 3 aromatic rings. The van der Waals surface area contributed by atoms with Crippen LogP contribution in [0.15, 0.2) is 77.7 Å². The molecule has 0 saturated carbocycles. The summed E-state index contributed by atoms with van der Waals surface area (Å²) in [6, 6.07) is 17.3. The van der Waals surface area contributed by atoms with E-state index in [0.717, 1.165) is 5.56 Å². The zero-order valence-electron chi connectivity index (χ0n) is 21.7. The Kier molecular flexibility index (Phi) is 9.37. The maximum Gasteiger partial charge on any atom is 0.459 e. The number of nitrogens with zero attached hydrogens (tertiary/aromatic N) is 1. The van der Waals surface area contributed by atoms with Gasteiger partial charge in [-0.15, -0.1) is 0 Å². The zero-order chi connectivity index (χ0) is 28.9. The van der Waals surface area contributed by atoms with E-state index in [1.807, 2.05) is 18.2 Å². The zero-order valence-corrected chi connectivity index (χ0v) is 23.4. The normalized spacial score (nSPS) is 24.6. The van der Waals surface area contributed by atoms with E-state index in [1.165, 1.54) is 30.7 Å². The lowest BCUT2D eigenvalue weighted by atomic mass is 9.96. The molecular formula is C26H30N3O9PS. The highest BCUT2D eigenvalue weighted by Gasteiger charge is 2.53. The standard InChI is InChI=1S/C26H30N3O9PS/c1-17(23(32)35-15-18-9-5-3-6-10-18)28-39(34,38-19-11-7-4-8-12-19)36-16-20-22(31)26(2,33)24(37-20)29-14-13-21(30)27-25(29)40/h3-14,17,20,22,24,31,33H,15-16H2,1-2H3,(H,28,34)(H,27,30,40)/t17-,20+,22?,24+,26+,39?/m0/s1. The highest BCUT2D eigenvalue weighted by molar-refractivity contribution is 7.71. The van der Waals surface area contributed by atoms with Gasteiger partial charge in [0.05, 0.1) is 6.61 Å². The van der Waals surface area contributed by atoms with Crippen LogP contribution in [0.25, 0.3) is 0 Å². The molecular weight excluding hydrogens is 561 g/mol. The molecule has 1 aliphatic heterocycles. The monoisotopic (exact) mass is 591 g/mol. The minimum absolute atomic E-state index is 0.0161. The molecule has 14 heteroatoms. The number of aromatic nitrogens is 2. The predicted molar refractivity (Wildman–Crippen MR) is 146 cm³/mol. The fourth-order valence-electron chi connectivity index (χ4n) is 4.01. The van der Waals surface area contributed by atoms with Crippen molar-refractivity contribution >= 4 is 25.9 Å². The van der Waals surface area contributed by atoms with Gasteiger partial charge in [-0.1, -0.05) is 48.5 Å². The summed E-state index contributed by atoms with van der Waals surface area (Å²) in [6.45, 7) is 2.28. The molecule has 2 unspecified atom stereocenters. The molecule has 2 aromatic carbocycles. The number of aromatic amines is 1. The van der Waals surface area contributed by atoms with Gasteiger partial charge in [-0.2, -0.15) is 5.09 Å². The Morgan fingerprint density at radius 2 is 1.85 bits per heavy atom. The second-order valence-corrected chi connectivity index (χ2v) is 11.4. The summed E-state index contributed by atoms with van der Waals surface area (Å²) in [4.78, 5) is 26.6. The van der Waals surface area contributed by atoms with E-state index in [1.54, 1.807) is 42.5 Å². The fourth-order valence-corrected chi connectivity index (χ4v) is 5.77. The third-order valence-electron chi connectivity index (χ3n) is 6.17. The highest BCUT2D eigenvalue weighted by atomic mass is 32.1. The smallest absolute Gasteiger partial charge is 0.459 e. The van der Waals surface area contributed by atoms with Crippen LogP contribution >= 0.6 is 20.0 Å². The van der Waals surface area contributed by atoms with Gasteiger partial charge in [0, 0.05) is 12.3 Å². The third kappa shape index (κ3) is 7.12. The SMILES string of the molecule is C[C@H](NP(=O)(OC[C@H]1O[C@@H](n2ccc(=O)[nH]c2=S)[C@](C)(O)C1O)Oc1ccccc1)C(=O)OCc1ccccc1. The minimum Gasteiger partial charge on any atom is -0.460 e. The Hall–Kier alpha value is -3.16. The summed E-state index contributed by atoms with van der Waals surface area (Å²) in [5.41, 5.74) is -1.53. The number of aliphatic hydroxyl groups excluding tert-OH is 1. The van der Waals surface area contributed by atoms with Crippen LogP contribution in [0.4, 0.5) is 0 Å². The van der Waals surface area contributed by atoms with E-state index in [-0.39, 0.29) is 17.1 Å². The highest BCUT2D eigenvalue weighted by Crippen LogP contribution is 2.47. The van der Waals surface area contributed by atoms with Crippen LogP contribution in [0.1, 0.15) is 25.6 Å². The van der Waals surface area contributed by atoms with Crippen molar-refractivity contribution in [2.75, 3.05) is 6.61 Å². The van der Waals surface area contributed by atoms with E-state index in [4.69, 9.17) is 30.7 Å². The second-order valence-electron chi connectivity index (χ2n) is 9.36. The Morgan fingerprint density at radius 3 is 2.50 bits per heavy atom. The first-order valence-electron chi connectivity index (χ1n) is 12.3. The molecule has 1 saturated heterocycles. The largest absolute Gasteiger partial charge is 0.460 e. The summed E-state index contributed by atoms with van der Waals surface area (Å²) < 4.78 is 37.5. The third-order valence-corrected chi connectivity index (χ3v) is 8.12. The summed E-state index contributed by atoms with van der Waals surface area (Å²) >= 11 is 5.16. The molecule has 12 nitrogen and oxygen atoms in total. The first-order chi connectivity index (χ1) is 19.0. The number of esters is 1. The second kappa shape index (κ2) is 12.6. The van der Waals surface area contributed by atoms with E-state index < -0.39 is 56.0 Å². The lowest BCUT2D eigenvalue weighted by molar-refractivity contribution is -0.146. The summed E-state index contributed by atoms with van der Waals surface area (Å²) in [5, 5.41) is 24.4. The quantitative estimate of drug-likeness (QED) is 0.147. The topological polar surface area (TPSA) is 161 Å². The van der Waals surface area contributed by atoms with Crippen molar-refractivity contribution < 1.29 is 38.1 Å². The van der Waals surface area contributed by atoms with E-state index in [9.17, 15) is 24.4 Å². The van der Waals surface area contributed by atoms with E-state index in [0.29, 0.717) is 0 Å². The molecule has 214 valence electrons. The number of H-pyrrole nitrogens is 1. The van der Waals surface area contributed by atoms with Crippen molar-refractivity contribution in [3.63, 3.8) is 0 Å². The van der Waals surface area contributed by atoms with Crippen LogP contribution in [-0.2, 0) is 30.0 Å². The molecule has 40 heavy (non-hydrogen) atoms. The van der Waals surface area contributed by atoms with Gasteiger partial charge in [-0.3, -0.25) is 23.7 Å². The molecule has 0 amide bonds. The number of hydrogen-bond donors (Lipinski definition) is 4. The molecule has 1 fully saturated rings. The van der Waals surface area contributed by atoms with Crippen LogP contribution in [-0.4, -0.2) is 56.2 Å². The van der Waals surface area contributed by atoms with Gasteiger partial charge in [0.15, 0.2) is 11.0 Å². The molecule has 0 aliphatic carbocycles. The van der Waals surface area contributed by atoms with Crippen LogP contribution in [0.3, 0.4) is 0 Å². The maximum atomic E-state index is 13.8. The first kappa shape index (κ1) is 29.8. The maximum absolute atomic E-state index is 13.8. The molecule has 2 heterocycles. The Bertz CT molecular complexity index is 1470. The number of rotatable bonds is 11. The van der Waals surface area contributed by atoms with Gasteiger partial charge in [0.1, 0.15) is 36.2 Å². The first-order valence-corrected chi connectivity index (χ1v) is 14.3. The van der Waals surface area contributed by atoms with Crippen LogP contribution < -0.4 is 15.2 Å². The molecule has 1 aliphatic rings. The minimum atomic E-state index is -4.27.